The van der Waals surface area contributed by atoms with Crippen molar-refractivity contribution < 1.29 is 50.0 Å². The minimum absolute atomic E-state index is 0.123. The maximum Gasteiger partial charge on any atom is 0.432 e. The Labute approximate surface area is 262 Å². The summed E-state index contributed by atoms with van der Waals surface area (Å²) in [5.41, 5.74) is -0.309. The van der Waals surface area contributed by atoms with E-state index in [0.29, 0.717) is 49.1 Å². The molecule has 11 heteroatoms. The van der Waals surface area contributed by atoms with Gasteiger partial charge in [0.1, 0.15) is 34.9 Å². The Bertz CT molecular complexity index is 1610. The number of alkyl halides is 2. The van der Waals surface area contributed by atoms with Crippen LogP contribution in [0.4, 0.5) is 26.3 Å². The van der Waals surface area contributed by atoms with E-state index in [4.69, 9.17) is 18.9 Å². The van der Waals surface area contributed by atoms with Crippen LogP contribution in [0.2, 0.25) is 0 Å². The minimum atomic E-state index is -4.52. The second-order valence-corrected chi connectivity index (χ2v) is 10.6. The van der Waals surface area contributed by atoms with Gasteiger partial charge in [-0.15, -0.1) is 0 Å². The monoisotopic (exact) mass is 646 g/mol. The fraction of sp³-hybridized carbons (Fsp3) is 0.314. The van der Waals surface area contributed by atoms with Gasteiger partial charge < -0.3 is 23.7 Å². The van der Waals surface area contributed by atoms with Gasteiger partial charge in [0.25, 0.3) is 0 Å². The van der Waals surface area contributed by atoms with Crippen molar-refractivity contribution in [2.45, 2.75) is 45.2 Å². The second-order valence-electron chi connectivity index (χ2n) is 10.6. The van der Waals surface area contributed by atoms with Crippen molar-refractivity contribution in [3.05, 3.63) is 107 Å². The number of unbranched alkanes of at least 4 members (excludes halogenated alkanes) is 1. The average molecular weight is 647 g/mol. The molecular formula is C35H32F6O5. The molecule has 5 nitrogen and oxygen atoms in total. The first kappa shape index (κ1) is 33.3. The molecule has 4 aromatic rings. The molecule has 0 saturated carbocycles. The molecule has 1 aliphatic heterocycles. The molecule has 1 heterocycles. The third-order valence-electron chi connectivity index (χ3n) is 7.30. The first-order valence-electron chi connectivity index (χ1n) is 14.8. The van der Waals surface area contributed by atoms with E-state index >= 15 is 4.39 Å². The summed E-state index contributed by atoms with van der Waals surface area (Å²) in [7, 11) is 0. The smallest absolute Gasteiger partial charge is 0.432 e. The van der Waals surface area contributed by atoms with E-state index < -0.39 is 47.0 Å². The zero-order chi connectivity index (χ0) is 32.8. The number of hydrogen-bond acceptors (Lipinski definition) is 5. The maximum absolute atomic E-state index is 15.2. The van der Waals surface area contributed by atoms with E-state index in [1.165, 1.54) is 12.1 Å². The lowest BCUT2D eigenvalue weighted by molar-refractivity contribution is -0.230. The third-order valence-corrected chi connectivity index (χ3v) is 7.30. The summed E-state index contributed by atoms with van der Waals surface area (Å²) in [5, 5.41) is 0. The molecule has 0 radical (unpaired) electrons. The molecule has 0 unspecified atom stereocenters. The number of benzene rings is 4. The molecule has 0 aromatic heterocycles. The van der Waals surface area contributed by atoms with E-state index in [1.54, 1.807) is 37.3 Å². The Morgan fingerprint density at radius 1 is 0.739 bits per heavy atom. The van der Waals surface area contributed by atoms with E-state index in [0.717, 1.165) is 30.5 Å². The van der Waals surface area contributed by atoms with E-state index in [2.05, 4.69) is 11.7 Å². The Hall–Kier alpha value is -4.06. The quantitative estimate of drug-likeness (QED) is 0.113. The Balaban J connectivity index is 1.28. The van der Waals surface area contributed by atoms with Crippen LogP contribution in [0.15, 0.2) is 72.8 Å². The molecule has 5 rings (SSSR count). The van der Waals surface area contributed by atoms with Crippen molar-refractivity contribution in [3.63, 3.8) is 0 Å². The first-order chi connectivity index (χ1) is 22.1. The van der Waals surface area contributed by atoms with Crippen LogP contribution in [0.25, 0.3) is 22.3 Å². The van der Waals surface area contributed by atoms with Crippen molar-refractivity contribution >= 4 is 0 Å². The van der Waals surface area contributed by atoms with Crippen LogP contribution < -0.4 is 9.47 Å². The van der Waals surface area contributed by atoms with Crippen molar-refractivity contribution in [2.24, 2.45) is 0 Å². The van der Waals surface area contributed by atoms with Crippen LogP contribution in [-0.2, 0) is 20.3 Å². The first-order valence-corrected chi connectivity index (χ1v) is 14.8. The molecule has 1 aliphatic rings. The van der Waals surface area contributed by atoms with Gasteiger partial charge in [-0.05, 0) is 60.4 Å². The largest absolute Gasteiger partial charge is 0.491 e. The molecule has 244 valence electrons. The molecule has 0 amide bonds. The van der Waals surface area contributed by atoms with E-state index in [9.17, 15) is 22.0 Å². The molecule has 0 atom stereocenters. The summed E-state index contributed by atoms with van der Waals surface area (Å²) < 4.78 is 116. The van der Waals surface area contributed by atoms with Gasteiger partial charge in [-0.3, -0.25) is 0 Å². The van der Waals surface area contributed by atoms with Crippen molar-refractivity contribution in [3.8, 4) is 33.8 Å². The van der Waals surface area contributed by atoms with E-state index in [1.807, 2.05) is 0 Å². The molecule has 0 aliphatic carbocycles. The van der Waals surface area contributed by atoms with Crippen LogP contribution in [0.1, 0.15) is 44.1 Å². The summed E-state index contributed by atoms with van der Waals surface area (Å²) in [6.07, 6.45) is -3.20. The SMILES string of the molecule is CCCCOC1COC(c2ccc(-c3ccc(-c4cc(F)c(C(F)(F)Oc5ccc(OCC)c(F)c5)c(F)c4)c(F)c3)cc2)OC1. The predicted octanol–water partition coefficient (Wildman–Crippen LogP) is 9.33. The normalized spacial score (nSPS) is 16.8. The van der Waals surface area contributed by atoms with Gasteiger partial charge in [0.2, 0.25) is 0 Å². The summed E-state index contributed by atoms with van der Waals surface area (Å²) in [4.78, 5) is 0. The van der Waals surface area contributed by atoms with Gasteiger partial charge in [0.15, 0.2) is 17.9 Å². The lowest BCUT2D eigenvalue weighted by Gasteiger charge is -2.29. The zero-order valence-corrected chi connectivity index (χ0v) is 25.1. The van der Waals surface area contributed by atoms with E-state index in [-0.39, 0.29) is 29.6 Å². The highest BCUT2D eigenvalue weighted by atomic mass is 19.3. The second kappa shape index (κ2) is 14.6. The van der Waals surface area contributed by atoms with Gasteiger partial charge in [0.05, 0.1) is 19.8 Å². The molecule has 1 fully saturated rings. The fourth-order valence-corrected chi connectivity index (χ4v) is 4.95. The van der Waals surface area contributed by atoms with Crippen LogP contribution in [0, 0.1) is 23.3 Å². The highest BCUT2D eigenvalue weighted by Crippen LogP contribution is 2.39. The van der Waals surface area contributed by atoms with Crippen molar-refractivity contribution in [1.29, 1.82) is 0 Å². The lowest BCUT2D eigenvalue weighted by atomic mass is 9.97. The molecule has 4 aromatic carbocycles. The summed E-state index contributed by atoms with van der Waals surface area (Å²) >= 11 is 0. The number of halogens is 6. The summed E-state index contributed by atoms with van der Waals surface area (Å²) in [5.74, 6) is -6.03. The molecule has 0 spiro atoms. The third kappa shape index (κ3) is 7.66. The van der Waals surface area contributed by atoms with Crippen molar-refractivity contribution in [1.82, 2.24) is 0 Å². The van der Waals surface area contributed by atoms with Crippen molar-refractivity contribution in [2.75, 3.05) is 26.4 Å². The standard InChI is InChI=1S/C35H32F6O5/c1-3-5-14-43-26-19-44-34(45-20-26)22-8-6-21(7-9-22)23-10-12-27(28(36)15-23)24-16-30(38)33(31(39)17-24)35(40,41)46-25-11-13-32(42-4-2)29(37)18-25/h6-13,15-18,26,34H,3-5,14,19-20H2,1-2H3. The van der Waals surface area contributed by atoms with Gasteiger partial charge in [-0.2, -0.15) is 8.78 Å². The highest BCUT2D eigenvalue weighted by molar-refractivity contribution is 5.71. The molecular weight excluding hydrogens is 614 g/mol. The predicted molar refractivity (Wildman–Crippen MR) is 159 cm³/mol. The average Bonchev–Trinajstić information content (AvgIpc) is 3.02. The van der Waals surface area contributed by atoms with Gasteiger partial charge >= 0.3 is 6.11 Å². The zero-order valence-electron chi connectivity index (χ0n) is 25.1. The number of ether oxygens (including phenoxy) is 5. The van der Waals surface area contributed by atoms with Crippen LogP contribution in [0.3, 0.4) is 0 Å². The van der Waals surface area contributed by atoms with Gasteiger partial charge in [-0.1, -0.05) is 49.7 Å². The molecule has 46 heavy (non-hydrogen) atoms. The fourth-order valence-electron chi connectivity index (χ4n) is 4.95. The minimum Gasteiger partial charge on any atom is -0.491 e. The van der Waals surface area contributed by atoms with Crippen LogP contribution in [0.5, 0.6) is 11.5 Å². The van der Waals surface area contributed by atoms with Crippen LogP contribution >= 0.6 is 0 Å². The summed E-state index contributed by atoms with van der Waals surface area (Å²) in [6.45, 7) is 5.28. The Kier molecular flexibility index (Phi) is 10.6. The van der Waals surface area contributed by atoms with Gasteiger partial charge in [0, 0.05) is 23.8 Å². The number of hydrogen-bond donors (Lipinski definition) is 0. The molecule has 1 saturated heterocycles. The van der Waals surface area contributed by atoms with Crippen LogP contribution in [-0.4, -0.2) is 32.5 Å². The molecule has 0 bridgehead atoms. The molecule has 0 N–H and O–H groups in total. The Morgan fingerprint density at radius 3 is 2.00 bits per heavy atom. The topological polar surface area (TPSA) is 46.2 Å². The maximum atomic E-state index is 15.2. The lowest BCUT2D eigenvalue weighted by Crippen LogP contribution is -2.33. The Morgan fingerprint density at radius 2 is 1.39 bits per heavy atom. The highest BCUT2D eigenvalue weighted by Gasteiger charge is 2.41. The van der Waals surface area contributed by atoms with Gasteiger partial charge in [-0.25, -0.2) is 17.6 Å². The summed E-state index contributed by atoms with van der Waals surface area (Å²) in [6, 6.07) is 14.9. The number of rotatable bonds is 12.